The first-order valence-corrected chi connectivity index (χ1v) is 7.64. The van der Waals surface area contributed by atoms with E-state index in [4.69, 9.17) is 4.74 Å². The number of ether oxygens (including phenoxy) is 1. The van der Waals surface area contributed by atoms with Crippen LogP contribution in [-0.4, -0.2) is 6.54 Å². The van der Waals surface area contributed by atoms with Crippen LogP contribution >= 0.6 is 22.6 Å². The lowest BCUT2D eigenvalue weighted by atomic mass is 10.1. The first-order chi connectivity index (χ1) is 9.60. The average Bonchev–Trinajstić information content (AvgIpc) is 2.41. The summed E-state index contributed by atoms with van der Waals surface area (Å²) in [6, 6.07) is 12.8. The molecule has 0 spiro atoms. The lowest BCUT2D eigenvalue weighted by Crippen LogP contribution is -2.17. The van der Waals surface area contributed by atoms with Crippen LogP contribution in [0.3, 0.4) is 0 Å². The maximum atomic E-state index is 14.1. The second kappa shape index (κ2) is 7.04. The van der Waals surface area contributed by atoms with E-state index in [9.17, 15) is 4.39 Å². The summed E-state index contributed by atoms with van der Waals surface area (Å²) in [6.45, 7) is 4.89. The van der Waals surface area contributed by atoms with Crippen LogP contribution in [0.4, 0.5) is 4.39 Å². The fourth-order valence-corrected chi connectivity index (χ4v) is 2.47. The van der Waals surface area contributed by atoms with Gasteiger partial charge in [0.05, 0.1) is 0 Å². The average molecular weight is 385 g/mol. The number of rotatable bonds is 5. The van der Waals surface area contributed by atoms with E-state index in [0.717, 1.165) is 15.7 Å². The Morgan fingerprint density at radius 2 is 2.05 bits per heavy atom. The summed E-state index contributed by atoms with van der Waals surface area (Å²) < 4.78 is 20.7. The van der Waals surface area contributed by atoms with Crippen molar-refractivity contribution in [3.8, 4) is 11.5 Å². The van der Waals surface area contributed by atoms with Gasteiger partial charge < -0.3 is 10.1 Å². The summed E-state index contributed by atoms with van der Waals surface area (Å²) in [5.74, 6) is 0.550. The molecular weight excluding hydrogens is 368 g/mol. The Morgan fingerprint density at radius 3 is 2.70 bits per heavy atom. The van der Waals surface area contributed by atoms with Gasteiger partial charge in [0.2, 0.25) is 0 Å². The van der Waals surface area contributed by atoms with Crippen molar-refractivity contribution in [3.63, 3.8) is 0 Å². The van der Waals surface area contributed by atoms with Gasteiger partial charge in [-0.3, -0.25) is 0 Å². The van der Waals surface area contributed by atoms with E-state index in [1.165, 1.54) is 6.07 Å². The Balaban J connectivity index is 2.17. The first kappa shape index (κ1) is 15.3. The first-order valence-electron chi connectivity index (χ1n) is 6.56. The van der Waals surface area contributed by atoms with Crippen molar-refractivity contribution >= 4 is 22.6 Å². The second-order valence-corrected chi connectivity index (χ2v) is 5.77. The van der Waals surface area contributed by atoms with Gasteiger partial charge >= 0.3 is 0 Å². The van der Waals surface area contributed by atoms with Crippen molar-refractivity contribution in [3.05, 3.63) is 57.4 Å². The van der Waals surface area contributed by atoms with Gasteiger partial charge in [0.15, 0.2) is 11.6 Å². The van der Waals surface area contributed by atoms with Gasteiger partial charge in [-0.2, -0.15) is 0 Å². The zero-order valence-electron chi connectivity index (χ0n) is 11.5. The molecule has 0 amide bonds. The van der Waals surface area contributed by atoms with Crippen molar-refractivity contribution in [1.82, 2.24) is 5.32 Å². The highest BCUT2D eigenvalue weighted by atomic mass is 127. The van der Waals surface area contributed by atoms with Crippen molar-refractivity contribution < 1.29 is 9.13 Å². The summed E-state index contributed by atoms with van der Waals surface area (Å²) >= 11 is 2.20. The van der Waals surface area contributed by atoms with Crippen LogP contribution in [0.25, 0.3) is 0 Å². The molecule has 0 aliphatic carbocycles. The molecule has 0 aliphatic heterocycles. The van der Waals surface area contributed by atoms with Gasteiger partial charge in [-0.25, -0.2) is 4.39 Å². The Labute approximate surface area is 132 Å². The zero-order valence-corrected chi connectivity index (χ0v) is 13.6. The third kappa shape index (κ3) is 3.93. The lowest BCUT2D eigenvalue weighted by molar-refractivity contribution is 0.440. The molecule has 0 radical (unpaired) electrons. The number of benzene rings is 2. The monoisotopic (exact) mass is 385 g/mol. The highest BCUT2D eigenvalue weighted by molar-refractivity contribution is 14.1. The van der Waals surface area contributed by atoms with Gasteiger partial charge in [0.1, 0.15) is 5.75 Å². The van der Waals surface area contributed by atoms with Crippen LogP contribution in [-0.2, 0) is 0 Å². The molecule has 106 valence electrons. The molecule has 2 rings (SSSR count). The van der Waals surface area contributed by atoms with E-state index in [1.807, 2.05) is 44.2 Å². The summed E-state index contributed by atoms with van der Waals surface area (Å²) in [6.07, 6.45) is 0. The van der Waals surface area contributed by atoms with Gasteiger partial charge in [0, 0.05) is 9.61 Å². The Bertz CT molecular complexity index is 588. The summed E-state index contributed by atoms with van der Waals surface area (Å²) in [5.41, 5.74) is 0.916. The number of nitrogens with one attached hydrogen (secondary N) is 1. The molecule has 0 heterocycles. The molecule has 0 bridgehead atoms. The van der Waals surface area contributed by atoms with Crippen LogP contribution < -0.4 is 10.1 Å². The second-order valence-electron chi connectivity index (χ2n) is 4.53. The maximum absolute atomic E-state index is 14.1. The minimum atomic E-state index is -0.342. The van der Waals surface area contributed by atoms with Gasteiger partial charge in [0.25, 0.3) is 0 Å². The summed E-state index contributed by atoms with van der Waals surface area (Å²) in [4.78, 5) is 0. The highest BCUT2D eigenvalue weighted by Crippen LogP contribution is 2.27. The van der Waals surface area contributed by atoms with E-state index in [0.29, 0.717) is 5.75 Å². The number of halogens is 2. The molecule has 2 nitrogen and oxygen atoms in total. The SMILES string of the molecule is CCNC(C)c1ccc(Oc2cccc(I)c2)c(F)c1. The van der Waals surface area contributed by atoms with E-state index >= 15 is 0 Å². The Hall–Kier alpha value is -1.14. The zero-order chi connectivity index (χ0) is 14.5. The van der Waals surface area contributed by atoms with Gasteiger partial charge in [-0.1, -0.05) is 19.1 Å². The fraction of sp³-hybridized carbons (Fsp3) is 0.250. The van der Waals surface area contributed by atoms with E-state index in [-0.39, 0.29) is 17.6 Å². The van der Waals surface area contributed by atoms with Crippen molar-refractivity contribution in [1.29, 1.82) is 0 Å². The Morgan fingerprint density at radius 1 is 1.25 bits per heavy atom. The maximum Gasteiger partial charge on any atom is 0.166 e. The van der Waals surface area contributed by atoms with E-state index in [2.05, 4.69) is 27.9 Å². The molecule has 4 heteroatoms. The molecule has 1 atom stereocenters. The molecule has 0 saturated heterocycles. The minimum absolute atomic E-state index is 0.126. The standard InChI is InChI=1S/C16H17FINO/c1-3-19-11(2)12-7-8-16(15(17)9-12)20-14-6-4-5-13(18)10-14/h4-11,19H,3H2,1-2H3. The third-order valence-corrected chi connectivity index (χ3v) is 3.66. The molecule has 1 N–H and O–H groups in total. The molecule has 0 fully saturated rings. The summed E-state index contributed by atoms with van der Waals surface area (Å²) in [5, 5.41) is 3.26. The normalized spacial score (nSPS) is 12.2. The lowest BCUT2D eigenvalue weighted by Gasteiger charge is -2.14. The van der Waals surface area contributed by atoms with Crippen molar-refractivity contribution in [2.45, 2.75) is 19.9 Å². The minimum Gasteiger partial charge on any atom is -0.454 e. The molecule has 20 heavy (non-hydrogen) atoms. The van der Waals surface area contributed by atoms with Crippen LogP contribution in [0.2, 0.25) is 0 Å². The van der Waals surface area contributed by atoms with Crippen LogP contribution in [0.15, 0.2) is 42.5 Å². The quantitative estimate of drug-likeness (QED) is 0.740. The number of hydrogen-bond acceptors (Lipinski definition) is 2. The molecule has 2 aromatic rings. The van der Waals surface area contributed by atoms with Gasteiger partial charge in [-0.15, -0.1) is 0 Å². The number of hydrogen-bond donors (Lipinski definition) is 1. The van der Waals surface area contributed by atoms with Gasteiger partial charge in [-0.05, 0) is 72.0 Å². The molecule has 2 aromatic carbocycles. The predicted molar refractivity (Wildman–Crippen MR) is 87.7 cm³/mol. The highest BCUT2D eigenvalue weighted by Gasteiger charge is 2.10. The Kier molecular flexibility index (Phi) is 5.37. The summed E-state index contributed by atoms with van der Waals surface area (Å²) in [7, 11) is 0. The topological polar surface area (TPSA) is 21.3 Å². The van der Waals surface area contributed by atoms with Crippen LogP contribution in [0.1, 0.15) is 25.5 Å². The van der Waals surface area contributed by atoms with Crippen LogP contribution in [0.5, 0.6) is 11.5 Å². The molecule has 0 aromatic heterocycles. The fourth-order valence-electron chi connectivity index (χ4n) is 1.95. The molecular formula is C16H17FINO. The predicted octanol–water partition coefficient (Wildman–Crippen LogP) is 4.89. The van der Waals surface area contributed by atoms with Crippen molar-refractivity contribution in [2.24, 2.45) is 0 Å². The third-order valence-electron chi connectivity index (χ3n) is 2.99. The van der Waals surface area contributed by atoms with Crippen LogP contribution in [0, 0.1) is 9.39 Å². The van der Waals surface area contributed by atoms with E-state index < -0.39 is 0 Å². The van der Waals surface area contributed by atoms with E-state index in [1.54, 1.807) is 6.07 Å². The molecule has 0 saturated carbocycles. The van der Waals surface area contributed by atoms with Crippen molar-refractivity contribution in [2.75, 3.05) is 6.54 Å². The molecule has 0 aliphatic rings. The smallest absolute Gasteiger partial charge is 0.166 e. The largest absolute Gasteiger partial charge is 0.454 e. The molecule has 1 unspecified atom stereocenters.